The van der Waals surface area contributed by atoms with Crippen molar-refractivity contribution in [2.24, 2.45) is 11.8 Å². The van der Waals surface area contributed by atoms with E-state index in [0.717, 1.165) is 11.1 Å². The number of anilines is 2. The van der Waals surface area contributed by atoms with E-state index in [0.29, 0.717) is 35.6 Å². The van der Waals surface area contributed by atoms with E-state index in [2.05, 4.69) is 21.4 Å². The van der Waals surface area contributed by atoms with Gasteiger partial charge in [-0.15, -0.1) is 0 Å². The van der Waals surface area contributed by atoms with Crippen molar-refractivity contribution in [3.63, 3.8) is 0 Å². The average molecular weight is 513 g/mol. The Balaban J connectivity index is 1.53. The molecule has 1 aliphatic carbocycles. The molecular formula is C25H23ClF2N6O2. The maximum atomic E-state index is 13.9. The van der Waals surface area contributed by atoms with Gasteiger partial charge in [0.2, 0.25) is 5.92 Å². The average Bonchev–Trinajstić information content (AvgIpc) is 3.32. The molecule has 0 amide bonds. The molecule has 2 aliphatic rings. The van der Waals surface area contributed by atoms with E-state index in [4.69, 9.17) is 16.6 Å². The predicted octanol–water partition coefficient (Wildman–Crippen LogP) is 5.21. The fraction of sp³-hybridized carbons (Fsp3) is 0.400. The number of halogens is 3. The van der Waals surface area contributed by atoms with Gasteiger partial charge in [0, 0.05) is 31.5 Å². The summed E-state index contributed by atoms with van der Waals surface area (Å²) in [5.74, 6) is -3.75. The third kappa shape index (κ3) is 4.39. The zero-order chi connectivity index (χ0) is 25.8. The molecule has 0 bridgehead atoms. The number of rotatable bonds is 5. The lowest BCUT2D eigenvalue weighted by atomic mass is 10.0. The zero-order valence-electron chi connectivity index (χ0n) is 19.6. The Morgan fingerprint density at radius 1 is 1.25 bits per heavy atom. The van der Waals surface area contributed by atoms with Crippen LogP contribution < -0.4 is 10.2 Å². The number of aromatic carboxylic acids is 1. The van der Waals surface area contributed by atoms with Gasteiger partial charge in [0.1, 0.15) is 11.2 Å². The molecule has 3 atom stereocenters. The third-order valence-electron chi connectivity index (χ3n) is 6.93. The summed E-state index contributed by atoms with van der Waals surface area (Å²) in [6.45, 7) is 4.56. The van der Waals surface area contributed by atoms with Gasteiger partial charge in [-0.3, -0.25) is 0 Å². The maximum absolute atomic E-state index is 13.9. The van der Waals surface area contributed by atoms with E-state index in [1.807, 2.05) is 30.9 Å². The van der Waals surface area contributed by atoms with Gasteiger partial charge in [-0.25, -0.2) is 28.5 Å². The standard InChI is InChI=1S/C25H23ClF2N6O2/c1-12-5-16(13(2)30-17-3-4-20(26)32-22(17)24(35)36)21-18(6-12)31-19(9-29)23(33-21)34-10-14-7-25(27,28)8-15(14)11-34/h3-6,13-15,30H,7-8,10-11H2,1-2H3,(H,35,36)/t13-,14?,15?/m1/s1. The first-order valence-electron chi connectivity index (χ1n) is 11.6. The topological polar surface area (TPSA) is 115 Å². The molecule has 0 radical (unpaired) electrons. The van der Waals surface area contributed by atoms with Crippen LogP contribution in [0.15, 0.2) is 24.3 Å². The van der Waals surface area contributed by atoms with Crippen LogP contribution in [0.4, 0.5) is 20.3 Å². The molecule has 36 heavy (non-hydrogen) atoms. The van der Waals surface area contributed by atoms with Crippen molar-refractivity contribution in [2.75, 3.05) is 23.3 Å². The number of aromatic nitrogens is 3. The van der Waals surface area contributed by atoms with E-state index in [1.54, 1.807) is 6.07 Å². The van der Waals surface area contributed by atoms with Crippen molar-refractivity contribution >= 4 is 40.1 Å². The van der Waals surface area contributed by atoms with Crippen LogP contribution in [0.1, 0.15) is 53.1 Å². The Morgan fingerprint density at radius 3 is 2.58 bits per heavy atom. The highest BCUT2D eigenvalue weighted by atomic mass is 35.5. The van der Waals surface area contributed by atoms with Gasteiger partial charge in [0.25, 0.3) is 0 Å². The zero-order valence-corrected chi connectivity index (χ0v) is 20.4. The van der Waals surface area contributed by atoms with Gasteiger partial charge in [-0.05, 0) is 49.4 Å². The normalized spacial score (nSPS) is 21.3. The molecule has 11 heteroatoms. The van der Waals surface area contributed by atoms with Crippen LogP contribution in [-0.4, -0.2) is 45.0 Å². The highest BCUT2D eigenvalue weighted by Crippen LogP contribution is 2.47. The molecule has 2 fully saturated rings. The smallest absolute Gasteiger partial charge is 0.356 e. The minimum atomic E-state index is -2.63. The Bertz CT molecular complexity index is 1410. The third-order valence-corrected chi connectivity index (χ3v) is 7.14. The number of benzene rings is 1. The second-order valence-corrected chi connectivity index (χ2v) is 10.0. The van der Waals surface area contributed by atoms with Crippen molar-refractivity contribution in [3.05, 3.63) is 51.9 Å². The summed E-state index contributed by atoms with van der Waals surface area (Å²) in [6, 6.07) is 8.52. The van der Waals surface area contributed by atoms with Crippen LogP contribution in [0, 0.1) is 30.1 Å². The van der Waals surface area contributed by atoms with Gasteiger partial charge < -0.3 is 15.3 Å². The second kappa shape index (κ2) is 8.82. The van der Waals surface area contributed by atoms with E-state index < -0.39 is 17.9 Å². The number of hydrogen-bond acceptors (Lipinski definition) is 7. The number of alkyl halides is 2. The summed E-state index contributed by atoms with van der Waals surface area (Å²) in [5.41, 5.74) is 2.97. The number of hydrogen-bond donors (Lipinski definition) is 2. The number of nitriles is 1. The van der Waals surface area contributed by atoms with Crippen LogP contribution >= 0.6 is 11.6 Å². The summed E-state index contributed by atoms with van der Waals surface area (Å²) < 4.78 is 27.7. The number of nitrogens with zero attached hydrogens (tertiary/aromatic N) is 5. The van der Waals surface area contributed by atoms with Crippen LogP contribution in [-0.2, 0) is 0 Å². The molecule has 1 saturated heterocycles. The number of pyridine rings is 1. The van der Waals surface area contributed by atoms with Crippen molar-refractivity contribution in [1.29, 1.82) is 5.26 Å². The molecule has 3 heterocycles. The Labute approximate surface area is 210 Å². The molecule has 2 unspecified atom stereocenters. The monoisotopic (exact) mass is 512 g/mol. The summed E-state index contributed by atoms with van der Waals surface area (Å²) in [4.78, 5) is 26.9. The number of aryl methyl sites for hydroxylation is 1. The van der Waals surface area contributed by atoms with E-state index in [-0.39, 0.29) is 41.2 Å². The first-order chi connectivity index (χ1) is 17.0. The van der Waals surface area contributed by atoms with Gasteiger partial charge in [-0.1, -0.05) is 17.7 Å². The summed E-state index contributed by atoms with van der Waals surface area (Å²) in [6.07, 6.45) is -0.299. The van der Waals surface area contributed by atoms with Gasteiger partial charge >= 0.3 is 5.97 Å². The molecule has 2 N–H and O–H groups in total. The lowest BCUT2D eigenvalue weighted by Gasteiger charge is -2.23. The fourth-order valence-electron chi connectivity index (χ4n) is 5.40. The summed E-state index contributed by atoms with van der Waals surface area (Å²) in [7, 11) is 0. The molecule has 8 nitrogen and oxygen atoms in total. The van der Waals surface area contributed by atoms with E-state index >= 15 is 0 Å². The molecule has 0 spiro atoms. The van der Waals surface area contributed by atoms with Crippen molar-refractivity contribution in [2.45, 2.75) is 38.7 Å². The first-order valence-corrected chi connectivity index (χ1v) is 11.9. The fourth-order valence-corrected chi connectivity index (χ4v) is 5.55. The maximum Gasteiger partial charge on any atom is 0.356 e. The van der Waals surface area contributed by atoms with E-state index in [9.17, 15) is 23.9 Å². The van der Waals surface area contributed by atoms with Crippen molar-refractivity contribution in [1.82, 2.24) is 15.0 Å². The van der Waals surface area contributed by atoms with Gasteiger partial charge in [0.15, 0.2) is 17.2 Å². The molecule has 1 aromatic carbocycles. The highest BCUT2D eigenvalue weighted by molar-refractivity contribution is 6.29. The van der Waals surface area contributed by atoms with Crippen LogP contribution in [0.5, 0.6) is 0 Å². The second-order valence-electron chi connectivity index (χ2n) is 9.62. The minimum absolute atomic E-state index is 0.0688. The number of fused-ring (bicyclic) bond motifs is 2. The van der Waals surface area contributed by atoms with Gasteiger partial charge in [0.05, 0.1) is 22.8 Å². The van der Waals surface area contributed by atoms with Crippen molar-refractivity contribution in [3.8, 4) is 6.07 Å². The molecule has 1 aliphatic heterocycles. The molecule has 5 rings (SSSR count). The summed E-state index contributed by atoms with van der Waals surface area (Å²) in [5, 5.41) is 22.6. The number of carbonyl (C=O) groups is 1. The Hall–Kier alpha value is -3.58. The van der Waals surface area contributed by atoms with Crippen LogP contribution in [0.3, 0.4) is 0 Å². The minimum Gasteiger partial charge on any atom is -0.476 e. The first kappa shape index (κ1) is 24.1. The molecule has 186 valence electrons. The number of nitrogens with one attached hydrogen (secondary N) is 1. The van der Waals surface area contributed by atoms with Crippen LogP contribution in [0.25, 0.3) is 11.0 Å². The van der Waals surface area contributed by atoms with Gasteiger partial charge in [-0.2, -0.15) is 5.26 Å². The lowest BCUT2D eigenvalue weighted by molar-refractivity contribution is 0.00171. The molecule has 3 aromatic rings. The number of carboxylic acid groups (broad SMARTS) is 1. The predicted molar refractivity (Wildman–Crippen MR) is 131 cm³/mol. The largest absolute Gasteiger partial charge is 0.476 e. The molecule has 2 aromatic heterocycles. The summed E-state index contributed by atoms with van der Waals surface area (Å²) >= 11 is 5.88. The quantitative estimate of drug-likeness (QED) is 0.448. The van der Waals surface area contributed by atoms with E-state index in [1.165, 1.54) is 6.07 Å². The Kier molecular flexibility index (Phi) is 5.91. The number of carboxylic acids is 1. The van der Waals surface area contributed by atoms with Crippen LogP contribution in [0.2, 0.25) is 5.15 Å². The lowest BCUT2D eigenvalue weighted by Crippen LogP contribution is -2.26. The highest BCUT2D eigenvalue weighted by Gasteiger charge is 2.50. The Morgan fingerprint density at radius 2 is 1.94 bits per heavy atom. The SMILES string of the molecule is Cc1cc([C@@H](C)Nc2ccc(Cl)nc2C(=O)O)c2nc(N3CC4CC(F)(F)CC4C3)c(C#N)nc2c1. The molecule has 1 saturated carbocycles. The molecular weight excluding hydrogens is 490 g/mol. The van der Waals surface area contributed by atoms with Crippen molar-refractivity contribution < 1.29 is 18.7 Å².